The van der Waals surface area contributed by atoms with Crippen LogP contribution in [0.15, 0.2) is 72.4 Å². The quantitative estimate of drug-likeness (QED) is 0.324. The minimum atomic E-state index is -4.49. The van der Waals surface area contributed by atoms with Gasteiger partial charge in [-0.05, 0) is 29.3 Å². The lowest BCUT2D eigenvalue weighted by molar-refractivity contribution is -0.137. The highest BCUT2D eigenvalue weighted by atomic mass is 19.4. The van der Waals surface area contributed by atoms with E-state index in [0.29, 0.717) is 11.1 Å². The van der Waals surface area contributed by atoms with E-state index in [1.807, 2.05) is 6.07 Å². The molecule has 138 valence electrons. The van der Waals surface area contributed by atoms with E-state index in [4.69, 9.17) is 0 Å². The van der Waals surface area contributed by atoms with Crippen molar-refractivity contribution in [2.24, 2.45) is 0 Å². The lowest BCUT2D eigenvalue weighted by atomic mass is 9.98. The maximum atomic E-state index is 13.0. The number of carbonyl (C=O) groups excluding carboxylic acids is 1. The minimum absolute atomic E-state index is 0.160. The molecule has 0 aliphatic carbocycles. The van der Waals surface area contributed by atoms with E-state index in [1.165, 1.54) is 18.2 Å². The monoisotopic (exact) mass is 370 g/mol. The molecule has 3 nitrogen and oxygen atoms in total. The lowest BCUT2D eigenvalue weighted by Crippen LogP contribution is -2.07. The number of Topliss-reactive ketones (excluding diaryl/α,β-unsaturated/α-hetero) is 1. The molecule has 6 heteroatoms. The minimum Gasteiger partial charge on any atom is -0.383 e. The zero-order valence-electron chi connectivity index (χ0n) is 14.8. The molecule has 0 spiro atoms. The van der Waals surface area contributed by atoms with Crippen LogP contribution in [0.3, 0.4) is 0 Å². The Balaban J connectivity index is 2.53. The van der Waals surface area contributed by atoms with E-state index < -0.39 is 17.5 Å². The van der Waals surface area contributed by atoms with E-state index in [2.05, 4.69) is 0 Å². The van der Waals surface area contributed by atoms with Crippen LogP contribution in [0, 0.1) is 11.3 Å². The van der Waals surface area contributed by atoms with Gasteiger partial charge in [-0.2, -0.15) is 18.4 Å². The Bertz CT molecular complexity index is 920. The summed E-state index contributed by atoms with van der Waals surface area (Å²) >= 11 is 0. The Morgan fingerprint density at radius 2 is 1.67 bits per heavy atom. The van der Waals surface area contributed by atoms with Crippen LogP contribution in [0.2, 0.25) is 0 Å². The summed E-state index contributed by atoms with van der Waals surface area (Å²) in [6, 6.07) is 14.9. The van der Waals surface area contributed by atoms with Gasteiger partial charge in [0.05, 0.1) is 5.56 Å². The fourth-order valence-corrected chi connectivity index (χ4v) is 2.40. The number of hydrogen-bond donors (Lipinski definition) is 0. The van der Waals surface area contributed by atoms with Crippen LogP contribution in [0.1, 0.15) is 21.5 Å². The van der Waals surface area contributed by atoms with Crippen LogP contribution < -0.4 is 0 Å². The number of rotatable bonds is 5. The van der Waals surface area contributed by atoms with Crippen LogP contribution >= 0.6 is 0 Å². The van der Waals surface area contributed by atoms with Crippen molar-refractivity contribution in [1.29, 1.82) is 5.26 Å². The Kier molecular flexibility index (Phi) is 6.19. The van der Waals surface area contributed by atoms with Gasteiger partial charge in [-0.25, -0.2) is 0 Å². The van der Waals surface area contributed by atoms with Gasteiger partial charge in [0.15, 0.2) is 0 Å². The molecular formula is C21H17F3N2O. The number of allylic oxidation sites excluding steroid dienone is 3. The molecule has 27 heavy (non-hydrogen) atoms. The molecule has 0 fully saturated rings. The topological polar surface area (TPSA) is 44.1 Å². The van der Waals surface area contributed by atoms with E-state index in [0.717, 1.165) is 12.1 Å². The van der Waals surface area contributed by atoms with Crippen LogP contribution in [-0.4, -0.2) is 24.8 Å². The molecule has 0 aromatic heterocycles. The molecule has 0 atom stereocenters. The van der Waals surface area contributed by atoms with Crippen LogP contribution in [0.4, 0.5) is 13.2 Å². The summed E-state index contributed by atoms with van der Waals surface area (Å²) in [5.74, 6) is -0.491. The first-order valence-electron chi connectivity index (χ1n) is 8.00. The second-order valence-electron chi connectivity index (χ2n) is 5.99. The van der Waals surface area contributed by atoms with Crippen molar-refractivity contribution in [2.75, 3.05) is 14.1 Å². The molecule has 0 radical (unpaired) electrons. The number of hydrogen-bond acceptors (Lipinski definition) is 3. The number of ketones is 1. The second kappa shape index (κ2) is 8.37. The molecule has 0 saturated heterocycles. The third-order valence-corrected chi connectivity index (χ3v) is 3.62. The average molecular weight is 370 g/mol. The Morgan fingerprint density at radius 1 is 1.04 bits per heavy atom. The van der Waals surface area contributed by atoms with Crippen LogP contribution in [-0.2, 0) is 6.18 Å². The Morgan fingerprint density at radius 3 is 2.22 bits per heavy atom. The summed E-state index contributed by atoms with van der Waals surface area (Å²) < 4.78 is 39.1. The number of halogens is 3. The van der Waals surface area contributed by atoms with Crippen LogP contribution in [0.25, 0.3) is 5.57 Å². The summed E-state index contributed by atoms with van der Waals surface area (Å²) in [5, 5.41) is 9.41. The third-order valence-electron chi connectivity index (χ3n) is 3.62. The molecule has 0 aliphatic rings. The predicted molar refractivity (Wildman–Crippen MR) is 97.6 cm³/mol. The first-order chi connectivity index (χ1) is 12.7. The molecule has 2 aromatic rings. The van der Waals surface area contributed by atoms with Gasteiger partial charge in [-0.15, -0.1) is 0 Å². The first-order valence-corrected chi connectivity index (χ1v) is 8.00. The molecule has 0 aliphatic heterocycles. The summed E-state index contributed by atoms with van der Waals surface area (Å²) in [7, 11) is 3.40. The standard InChI is InChI=1S/C21H17F3N2O/c1-26(2)14-18(16-9-6-10-19(12-16)21(22,23)24)11-17(13-25)20(27)15-7-4-3-5-8-15/h3-12,14H,1-2H3/b17-11-,18-14?. The largest absolute Gasteiger partial charge is 0.416 e. The van der Waals surface area contributed by atoms with Gasteiger partial charge < -0.3 is 4.90 Å². The highest BCUT2D eigenvalue weighted by Gasteiger charge is 2.30. The van der Waals surface area contributed by atoms with Crippen molar-refractivity contribution in [2.45, 2.75) is 6.18 Å². The maximum absolute atomic E-state index is 13.0. The number of nitriles is 1. The van der Waals surface area contributed by atoms with Crippen molar-refractivity contribution in [3.8, 4) is 6.07 Å². The normalized spacial score (nSPS) is 12.4. The molecule has 0 N–H and O–H groups in total. The molecule has 0 heterocycles. The molecule has 2 aromatic carbocycles. The highest BCUT2D eigenvalue weighted by Crippen LogP contribution is 2.31. The summed E-state index contributed by atoms with van der Waals surface area (Å²) in [5.41, 5.74) is -0.0460. The highest BCUT2D eigenvalue weighted by molar-refractivity contribution is 6.12. The van der Waals surface area contributed by atoms with E-state index in [1.54, 1.807) is 55.5 Å². The van der Waals surface area contributed by atoms with Crippen molar-refractivity contribution in [3.05, 3.63) is 89.1 Å². The van der Waals surface area contributed by atoms with Gasteiger partial charge in [0.25, 0.3) is 0 Å². The Hall–Kier alpha value is -3.33. The van der Waals surface area contributed by atoms with E-state index in [-0.39, 0.29) is 11.1 Å². The smallest absolute Gasteiger partial charge is 0.383 e. The Labute approximate surface area is 155 Å². The van der Waals surface area contributed by atoms with Gasteiger partial charge >= 0.3 is 6.18 Å². The lowest BCUT2D eigenvalue weighted by Gasteiger charge is -2.12. The van der Waals surface area contributed by atoms with Crippen LogP contribution in [0.5, 0.6) is 0 Å². The summed E-state index contributed by atoms with van der Waals surface area (Å²) in [6.07, 6.45) is -1.61. The van der Waals surface area contributed by atoms with Gasteiger partial charge in [0.2, 0.25) is 5.78 Å². The maximum Gasteiger partial charge on any atom is 0.416 e. The van der Waals surface area contributed by atoms with Gasteiger partial charge in [0, 0.05) is 25.9 Å². The van der Waals surface area contributed by atoms with Crippen molar-refractivity contribution >= 4 is 11.4 Å². The molecular weight excluding hydrogens is 353 g/mol. The summed E-state index contributed by atoms with van der Waals surface area (Å²) in [6.45, 7) is 0. The third kappa shape index (κ3) is 5.32. The molecule has 0 unspecified atom stereocenters. The van der Waals surface area contributed by atoms with Crippen molar-refractivity contribution in [3.63, 3.8) is 0 Å². The molecule has 2 rings (SSSR count). The number of alkyl halides is 3. The fraction of sp³-hybridized carbons (Fsp3) is 0.143. The average Bonchev–Trinajstić information content (AvgIpc) is 2.64. The van der Waals surface area contributed by atoms with Gasteiger partial charge in [0.1, 0.15) is 11.6 Å². The number of benzene rings is 2. The second-order valence-corrected chi connectivity index (χ2v) is 5.99. The van der Waals surface area contributed by atoms with Crippen molar-refractivity contribution < 1.29 is 18.0 Å². The number of carbonyl (C=O) groups is 1. The van der Waals surface area contributed by atoms with E-state index >= 15 is 0 Å². The zero-order chi connectivity index (χ0) is 20.0. The first kappa shape index (κ1) is 20.0. The fourth-order valence-electron chi connectivity index (χ4n) is 2.40. The molecule has 0 saturated carbocycles. The zero-order valence-corrected chi connectivity index (χ0v) is 14.8. The number of nitrogens with zero attached hydrogens (tertiary/aromatic N) is 2. The predicted octanol–water partition coefficient (Wildman–Crippen LogP) is 4.94. The van der Waals surface area contributed by atoms with Gasteiger partial charge in [-0.1, -0.05) is 42.5 Å². The molecule has 0 amide bonds. The molecule has 0 bridgehead atoms. The van der Waals surface area contributed by atoms with Gasteiger partial charge in [-0.3, -0.25) is 4.79 Å². The van der Waals surface area contributed by atoms with Crippen molar-refractivity contribution in [1.82, 2.24) is 4.90 Å². The van der Waals surface area contributed by atoms with E-state index in [9.17, 15) is 23.2 Å². The SMILES string of the molecule is CN(C)C=C(/C=C(/C#N)C(=O)c1ccccc1)c1cccc(C(F)(F)F)c1. The summed E-state index contributed by atoms with van der Waals surface area (Å²) in [4.78, 5) is 14.2.